The summed E-state index contributed by atoms with van der Waals surface area (Å²) >= 11 is 1.85. The van der Waals surface area contributed by atoms with Gasteiger partial charge in [0.15, 0.2) is 5.82 Å². The maximum Gasteiger partial charge on any atom is 0.239 e. The van der Waals surface area contributed by atoms with Gasteiger partial charge in [0.2, 0.25) is 5.91 Å². The Morgan fingerprint density at radius 1 is 1.55 bits per heavy atom. The molecule has 1 atom stereocenters. The highest BCUT2D eigenvalue weighted by Crippen LogP contribution is 2.48. The van der Waals surface area contributed by atoms with Crippen molar-refractivity contribution in [1.29, 1.82) is 0 Å². The number of carbonyl (C=O) groups excluding carboxylic acids is 1. The molecule has 2 aliphatic rings. The molecule has 116 valence electrons. The number of aryl methyl sites for hydroxylation is 1. The van der Waals surface area contributed by atoms with E-state index in [1.165, 1.54) is 23.3 Å². The van der Waals surface area contributed by atoms with Crippen molar-refractivity contribution >= 4 is 23.1 Å². The third kappa shape index (κ3) is 2.68. The van der Waals surface area contributed by atoms with Crippen molar-refractivity contribution in [1.82, 2.24) is 10.1 Å². The number of carbonyl (C=O) groups is 1. The summed E-state index contributed by atoms with van der Waals surface area (Å²) < 4.78 is 4.98. The van der Waals surface area contributed by atoms with Gasteiger partial charge in [0.05, 0.1) is 6.54 Å². The van der Waals surface area contributed by atoms with E-state index in [1.54, 1.807) is 6.07 Å². The summed E-state index contributed by atoms with van der Waals surface area (Å²) in [4.78, 5) is 16.1. The van der Waals surface area contributed by atoms with Crippen LogP contribution in [0.4, 0.5) is 5.82 Å². The number of anilines is 1. The molecule has 1 amide bonds. The molecule has 0 unspecified atom stereocenters. The van der Waals surface area contributed by atoms with E-state index in [-0.39, 0.29) is 5.91 Å². The van der Waals surface area contributed by atoms with Gasteiger partial charge in [-0.2, -0.15) is 0 Å². The first-order valence-corrected chi connectivity index (χ1v) is 8.62. The Labute approximate surface area is 133 Å². The molecule has 1 fully saturated rings. The number of thiophene rings is 1. The zero-order valence-corrected chi connectivity index (χ0v) is 13.4. The fourth-order valence-electron chi connectivity index (χ4n) is 3.33. The lowest BCUT2D eigenvalue weighted by atomic mass is 9.96. The Kier molecular flexibility index (Phi) is 3.50. The van der Waals surface area contributed by atoms with Crippen LogP contribution in [-0.2, 0) is 11.2 Å². The number of amides is 1. The van der Waals surface area contributed by atoms with Gasteiger partial charge in [0.25, 0.3) is 0 Å². The number of fused-ring (bicyclic) bond motifs is 1. The minimum Gasteiger partial charge on any atom is -0.360 e. The van der Waals surface area contributed by atoms with Crippen LogP contribution in [0.3, 0.4) is 0 Å². The molecule has 1 saturated carbocycles. The van der Waals surface area contributed by atoms with Crippen molar-refractivity contribution in [2.45, 2.75) is 32.2 Å². The summed E-state index contributed by atoms with van der Waals surface area (Å²) in [5.41, 5.74) is 1.45. The van der Waals surface area contributed by atoms with Crippen molar-refractivity contribution < 1.29 is 9.32 Å². The molecule has 2 aromatic rings. The molecule has 5 nitrogen and oxygen atoms in total. The van der Waals surface area contributed by atoms with Crippen molar-refractivity contribution in [3.05, 3.63) is 33.7 Å². The van der Waals surface area contributed by atoms with Crippen molar-refractivity contribution in [2.75, 3.05) is 18.4 Å². The number of rotatable bonds is 4. The molecule has 3 heterocycles. The second-order valence-corrected chi connectivity index (χ2v) is 7.17. The summed E-state index contributed by atoms with van der Waals surface area (Å²) in [6.45, 7) is 3.19. The lowest BCUT2D eigenvalue weighted by molar-refractivity contribution is -0.118. The van der Waals surface area contributed by atoms with Crippen LogP contribution in [0.2, 0.25) is 0 Å². The fraction of sp³-hybridized carbons (Fsp3) is 0.500. The molecular weight excluding hydrogens is 298 g/mol. The minimum atomic E-state index is -0.0161. The van der Waals surface area contributed by atoms with Gasteiger partial charge in [-0.05, 0) is 49.1 Å². The summed E-state index contributed by atoms with van der Waals surface area (Å²) in [5.74, 6) is 1.90. The summed E-state index contributed by atoms with van der Waals surface area (Å²) in [6.07, 6.45) is 3.60. The monoisotopic (exact) mass is 317 g/mol. The van der Waals surface area contributed by atoms with Gasteiger partial charge in [-0.15, -0.1) is 11.3 Å². The Morgan fingerprint density at radius 3 is 3.14 bits per heavy atom. The summed E-state index contributed by atoms with van der Waals surface area (Å²) in [7, 11) is 0. The van der Waals surface area contributed by atoms with Crippen LogP contribution >= 0.6 is 11.3 Å². The largest absolute Gasteiger partial charge is 0.360 e. The van der Waals surface area contributed by atoms with E-state index < -0.39 is 0 Å². The second-order valence-electron chi connectivity index (χ2n) is 6.17. The van der Waals surface area contributed by atoms with E-state index in [0.29, 0.717) is 24.2 Å². The first-order valence-electron chi connectivity index (χ1n) is 7.74. The Hall–Kier alpha value is -1.66. The van der Waals surface area contributed by atoms with E-state index in [2.05, 4.69) is 26.8 Å². The molecule has 0 saturated heterocycles. The number of hydrogen-bond donors (Lipinski definition) is 1. The molecule has 0 radical (unpaired) electrons. The minimum absolute atomic E-state index is 0.0161. The highest BCUT2D eigenvalue weighted by Gasteiger charge is 2.40. The molecule has 0 aromatic carbocycles. The van der Waals surface area contributed by atoms with Gasteiger partial charge >= 0.3 is 0 Å². The third-order valence-electron chi connectivity index (χ3n) is 4.43. The van der Waals surface area contributed by atoms with Gasteiger partial charge in [0, 0.05) is 23.5 Å². The van der Waals surface area contributed by atoms with E-state index >= 15 is 0 Å². The van der Waals surface area contributed by atoms with Crippen molar-refractivity contribution in [3.63, 3.8) is 0 Å². The van der Waals surface area contributed by atoms with E-state index in [1.807, 2.05) is 18.3 Å². The quantitative estimate of drug-likeness (QED) is 0.942. The third-order valence-corrected chi connectivity index (χ3v) is 5.43. The number of aromatic nitrogens is 1. The Balaban J connectivity index is 1.46. The molecule has 22 heavy (non-hydrogen) atoms. The predicted molar refractivity (Wildman–Crippen MR) is 84.9 cm³/mol. The molecule has 1 aliphatic carbocycles. The molecule has 6 heteroatoms. The zero-order valence-electron chi connectivity index (χ0n) is 12.5. The van der Waals surface area contributed by atoms with E-state index in [4.69, 9.17) is 4.52 Å². The SMILES string of the molecule is Cc1cc(NC(=O)CN2CCc3sccc3[C@H]2C2CC2)no1. The van der Waals surface area contributed by atoms with Gasteiger partial charge < -0.3 is 9.84 Å². The van der Waals surface area contributed by atoms with Crippen LogP contribution < -0.4 is 5.32 Å². The smallest absolute Gasteiger partial charge is 0.239 e. The lowest BCUT2D eigenvalue weighted by Crippen LogP contribution is -2.41. The highest BCUT2D eigenvalue weighted by molar-refractivity contribution is 7.10. The highest BCUT2D eigenvalue weighted by atomic mass is 32.1. The van der Waals surface area contributed by atoms with Gasteiger partial charge in [-0.1, -0.05) is 5.16 Å². The first-order chi connectivity index (χ1) is 10.7. The molecule has 0 bridgehead atoms. The van der Waals surface area contributed by atoms with Gasteiger partial charge in [-0.25, -0.2) is 0 Å². The maximum atomic E-state index is 12.3. The molecule has 0 spiro atoms. The van der Waals surface area contributed by atoms with Crippen LogP contribution in [0.5, 0.6) is 0 Å². The normalized spacial score (nSPS) is 21.6. The van der Waals surface area contributed by atoms with Gasteiger partial charge in [-0.3, -0.25) is 9.69 Å². The predicted octanol–water partition coefficient (Wildman–Crippen LogP) is 2.99. The van der Waals surface area contributed by atoms with E-state index in [0.717, 1.165) is 18.9 Å². The number of hydrogen-bond acceptors (Lipinski definition) is 5. The van der Waals surface area contributed by atoms with Crippen molar-refractivity contribution in [3.8, 4) is 0 Å². The van der Waals surface area contributed by atoms with Crippen LogP contribution in [-0.4, -0.2) is 29.1 Å². The molecule has 1 aliphatic heterocycles. The maximum absolute atomic E-state index is 12.3. The topological polar surface area (TPSA) is 58.4 Å². The Bertz CT molecular complexity index is 689. The fourth-order valence-corrected chi connectivity index (χ4v) is 4.24. The average molecular weight is 317 g/mol. The number of nitrogens with one attached hydrogen (secondary N) is 1. The zero-order chi connectivity index (χ0) is 15.1. The molecule has 2 aromatic heterocycles. The van der Waals surface area contributed by atoms with Crippen LogP contribution in [0.1, 0.15) is 35.1 Å². The standard InChI is InChI=1S/C16H19N3O2S/c1-10-8-14(18-21-10)17-15(20)9-19-6-4-13-12(5-7-22-13)16(19)11-2-3-11/h5,7-8,11,16H,2-4,6,9H2,1H3,(H,17,18,20)/t16-/m1/s1. The molecule has 4 rings (SSSR count). The van der Waals surface area contributed by atoms with Crippen LogP contribution in [0.15, 0.2) is 22.0 Å². The molecule has 1 N–H and O–H groups in total. The first kappa shape index (κ1) is 14.0. The average Bonchev–Trinajstić information content (AvgIpc) is 3.06. The number of nitrogens with zero attached hydrogens (tertiary/aromatic N) is 2. The Morgan fingerprint density at radius 2 is 2.41 bits per heavy atom. The van der Waals surface area contributed by atoms with Gasteiger partial charge in [0.1, 0.15) is 5.76 Å². The summed E-state index contributed by atoms with van der Waals surface area (Å²) in [5, 5.41) is 8.83. The van der Waals surface area contributed by atoms with Crippen LogP contribution in [0, 0.1) is 12.8 Å². The molecular formula is C16H19N3O2S. The second kappa shape index (κ2) is 5.52. The summed E-state index contributed by atoms with van der Waals surface area (Å²) in [6, 6.07) is 4.40. The van der Waals surface area contributed by atoms with Crippen molar-refractivity contribution in [2.24, 2.45) is 5.92 Å². The van der Waals surface area contributed by atoms with E-state index in [9.17, 15) is 4.79 Å². The lowest BCUT2D eigenvalue weighted by Gasteiger charge is -2.35. The van der Waals surface area contributed by atoms with Crippen LogP contribution in [0.25, 0.3) is 0 Å².